The topological polar surface area (TPSA) is 67.2 Å². The lowest BCUT2D eigenvalue weighted by Gasteiger charge is -2.31. The van der Waals surface area contributed by atoms with Gasteiger partial charge in [-0.05, 0) is 37.8 Å². The standard InChI is InChI=1S/C19H24F2N4O2/c1-10(2)9-25(19(27)22-12-5-6-12)11(3)17-13-7-15(20)16(21)8-14(13)18(26)24(4)23-17/h7-8,10-12H,5-6,9H2,1-4H3,(H,22,27)/t11-/m0/s1. The van der Waals surface area contributed by atoms with Crippen LogP contribution in [-0.2, 0) is 7.05 Å². The lowest BCUT2D eigenvalue weighted by molar-refractivity contribution is 0.168. The first-order valence-electron chi connectivity index (χ1n) is 9.12. The SMILES string of the molecule is CC(C)CN(C(=O)NC1CC1)[C@@H](C)c1nn(C)c(=O)c2cc(F)c(F)cc12. The van der Waals surface area contributed by atoms with Crippen LogP contribution in [0.3, 0.4) is 0 Å². The molecule has 1 fully saturated rings. The monoisotopic (exact) mass is 378 g/mol. The molecule has 1 aromatic carbocycles. The van der Waals surface area contributed by atoms with Crippen molar-refractivity contribution >= 4 is 16.8 Å². The van der Waals surface area contributed by atoms with E-state index in [0.717, 1.165) is 29.7 Å². The maximum atomic E-state index is 13.9. The van der Waals surface area contributed by atoms with E-state index in [1.807, 2.05) is 13.8 Å². The predicted octanol–water partition coefficient (Wildman–Crippen LogP) is 3.10. The van der Waals surface area contributed by atoms with Crippen molar-refractivity contribution in [2.24, 2.45) is 13.0 Å². The number of aromatic nitrogens is 2. The molecule has 27 heavy (non-hydrogen) atoms. The van der Waals surface area contributed by atoms with Crippen molar-refractivity contribution in [2.75, 3.05) is 6.54 Å². The summed E-state index contributed by atoms with van der Waals surface area (Å²) < 4.78 is 28.6. The van der Waals surface area contributed by atoms with Crippen LogP contribution in [0.1, 0.15) is 45.3 Å². The average Bonchev–Trinajstić information content (AvgIpc) is 3.41. The van der Waals surface area contributed by atoms with Gasteiger partial charge in [-0.15, -0.1) is 0 Å². The van der Waals surface area contributed by atoms with E-state index < -0.39 is 23.2 Å². The van der Waals surface area contributed by atoms with Crippen molar-refractivity contribution in [3.05, 3.63) is 39.8 Å². The second-order valence-corrected chi connectivity index (χ2v) is 7.57. The van der Waals surface area contributed by atoms with E-state index in [0.29, 0.717) is 12.2 Å². The first kappa shape index (κ1) is 19.3. The third-order valence-corrected chi connectivity index (χ3v) is 4.71. The molecule has 0 radical (unpaired) electrons. The van der Waals surface area contributed by atoms with Gasteiger partial charge in [0.2, 0.25) is 0 Å². The van der Waals surface area contributed by atoms with Crippen molar-refractivity contribution in [1.29, 1.82) is 0 Å². The zero-order valence-electron chi connectivity index (χ0n) is 15.9. The van der Waals surface area contributed by atoms with Crippen LogP contribution in [0, 0.1) is 17.6 Å². The van der Waals surface area contributed by atoms with E-state index in [-0.39, 0.29) is 28.8 Å². The number of hydrogen-bond donors (Lipinski definition) is 1. The lowest BCUT2D eigenvalue weighted by atomic mass is 10.0. The minimum absolute atomic E-state index is 0.0420. The number of nitrogens with zero attached hydrogens (tertiary/aromatic N) is 3. The van der Waals surface area contributed by atoms with Gasteiger partial charge in [-0.1, -0.05) is 13.8 Å². The highest BCUT2D eigenvalue weighted by Gasteiger charge is 2.30. The van der Waals surface area contributed by atoms with Gasteiger partial charge in [-0.3, -0.25) is 4.79 Å². The van der Waals surface area contributed by atoms with Gasteiger partial charge in [-0.2, -0.15) is 5.10 Å². The molecule has 3 rings (SSSR count). The second kappa shape index (κ2) is 7.25. The van der Waals surface area contributed by atoms with Gasteiger partial charge in [0.25, 0.3) is 5.56 Å². The number of rotatable bonds is 5. The molecule has 1 aliphatic carbocycles. The Morgan fingerprint density at radius 1 is 1.26 bits per heavy atom. The Morgan fingerprint density at radius 3 is 2.41 bits per heavy atom. The number of benzene rings is 1. The van der Waals surface area contributed by atoms with Crippen LogP contribution in [0.25, 0.3) is 10.8 Å². The zero-order chi connectivity index (χ0) is 19.9. The predicted molar refractivity (Wildman–Crippen MR) is 98.4 cm³/mol. The summed E-state index contributed by atoms with van der Waals surface area (Å²) in [6.07, 6.45) is 1.92. The Balaban J connectivity index is 2.09. The van der Waals surface area contributed by atoms with Crippen LogP contribution < -0.4 is 10.9 Å². The first-order valence-corrected chi connectivity index (χ1v) is 9.12. The Bertz CT molecular complexity index is 937. The molecule has 1 N–H and O–H groups in total. The molecule has 8 heteroatoms. The second-order valence-electron chi connectivity index (χ2n) is 7.57. The fraction of sp³-hybridized carbons (Fsp3) is 0.526. The van der Waals surface area contributed by atoms with Crippen LogP contribution in [-0.4, -0.2) is 33.3 Å². The van der Waals surface area contributed by atoms with Gasteiger partial charge in [-0.25, -0.2) is 18.3 Å². The Labute approximate surface area is 156 Å². The van der Waals surface area contributed by atoms with E-state index in [4.69, 9.17) is 0 Å². The van der Waals surface area contributed by atoms with Gasteiger partial charge < -0.3 is 10.2 Å². The fourth-order valence-electron chi connectivity index (χ4n) is 3.12. The van der Waals surface area contributed by atoms with Crippen LogP contribution in [0.5, 0.6) is 0 Å². The summed E-state index contributed by atoms with van der Waals surface area (Å²) in [6.45, 7) is 6.23. The molecule has 1 aromatic heterocycles. The summed E-state index contributed by atoms with van der Waals surface area (Å²) in [5.41, 5.74) is -0.157. The molecule has 1 aliphatic rings. The van der Waals surface area contributed by atoms with Gasteiger partial charge in [0, 0.05) is 25.0 Å². The molecular weight excluding hydrogens is 354 g/mol. The van der Waals surface area contributed by atoms with Crippen LogP contribution >= 0.6 is 0 Å². The highest BCUT2D eigenvalue weighted by molar-refractivity contribution is 5.85. The van der Waals surface area contributed by atoms with Crippen molar-refractivity contribution in [3.8, 4) is 0 Å². The third-order valence-electron chi connectivity index (χ3n) is 4.71. The molecule has 2 aromatic rings. The van der Waals surface area contributed by atoms with Crippen molar-refractivity contribution < 1.29 is 13.6 Å². The summed E-state index contributed by atoms with van der Waals surface area (Å²) in [4.78, 5) is 26.7. The fourth-order valence-corrected chi connectivity index (χ4v) is 3.12. The summed E-state index contributed by atoms with van der Waals surface area (Å²) in [7, 11) is 1.45. The number of hydrogen-bond acceptors (Lipinski definition) is 3. The maximum Gasteiger partial charge on any atom is 0.318 e. The van der Waals surface area contributed by atoms with Crippen LogP contribution in [0.4, 0.5) is 13.6 Å². The number of urea groups is 1. The highest BCUT2D eigenvalue weighted by atomic mass is 19.2. The molecule has 0 bridgehead atoms. The van der Waals surface area contributed by atoms with Gasteiger partial charge >= 0.3 is 6.03 Å². The number of halogens is 2. The average molecular weight is 378 g/mol. The highest BCUT2D eigenvalue weighted by Crippen LogP contribution is 2.28. The van der Waals surface area contributed by atoms with Crippen LogP contribution in [0.15, 0.2) is 16.9 Å². The largest absolute Gasteiger partial charge is 0.335 e. The molecule has 146 valence electrons. The summed E-state index contributed by atoms with van der Waals surface area (Å²) in [5, 5.41) is 7.49. The van der Waals surface area contributed by atoms with Gasteiger partial charge in [0.1, 0.15) is 0 Å². The summed E-state index contributed by atoms with van der Waals surface area (Å²) in [6, 6.07) is 1.32. The molecular formula is C19H24F2N4O2. The number of amides is 2. The third kappa shape index (κ3) is 3.94. The number of fused-ring (bicyclic) bond motifs is 1. The zero-order valence-corrected chi connectivity index (χ0v) is 15.9. The van der Waals surface area contributed by atoms with Crippen LogP contribution in [0.2, 0.25) is 0 Å². The molecule has 1 heterocycles. The molecule has 1 atom stereocenters. The normalized spacial score (nSPS) is 15.2. The smallest absolute Gasteiger partial charge is 0.318 e. The van der Waals surface area contributed by atoms with Gasteiger partial charge in [0.15, 0.2) is 11.6 Å². The van der Waals surface area contributed by atoms with Gasteiger partial charge in [0.05, 0.1) is 17.1 Å². The lowest BCUT2D eigenvalue weighted by Crippen LogP contribution is -2.44. The van der Waals surface area contributed by atoms with Crippen molar-refractivity contribution in [2.45, 2.75) is 45.7 Å². The summed E-state index contributed by atoms with van der Waals surface area (Å²) >= 11 is 0. The molecule has 0 unspecified atom stereocenters. The number of carbonyl (C=O) groups is 1. The Kier molecular flexibility index (Phi) is 5.17. The quantitative estimate of drug-likeness (QED) is 0.869. The van der Waals surface area contributed by atoms with E-state index in [1.54, 1.807) is 11.8 Å². The van der Waals surface area contributed by atoms with E-state index >= 15 is 0 Å². The van der Waals surface area contributed by atoms with Crippen molar-refractivity contribution in [1.82, 2.24) is 20.0 Å². The molecule has 0 saturated heterocycles. The summed E-state index contributed by atoms with van der Waals surface area (Å²) in [5.74, 6) is -1.94. The molecule has 6 nitrogen and oxygen atoms in total. The minimum Gasteiger partial charge on any atom is -0.335 e. The Hall–Kier alpha value is -2.51. The number of carbonyl (C=O) groups excluding carboxylic acids is 1. The number of nitrogens with one attached hydrogen (secondary N) is 1. The van der Waals surface area contributed by atoms with E-state index in [9.17, 15) is 18.4 Å². The molecule has 0 aliphatic heterocycles. The minimum atomic E-state index is -1.09. The molecule has 0 spiro atoms. The first-order chi connectivity index (χ1) is 12.7. The number of aryl methyl sites for hydroxylation is 1. The Morgan fingerprint density at radius 2 is 1.85 bits per heavy atom. The molecule has 2 amide bonds. The van der Waals surface area contributed by atoms with E-state index in [2.05, 4.69) is 10.4 Å². The molecule has 1 saturated carbocycles. The van der Waals surface area contributed by atoms with E-state index in [1.165, 1.54) is 7.05 Å². The van der Waals surface area contributed by atoms with Crippen molar-refractivity contribution in [3.63, 3.8) is 0 Å². The maximum absolute atomic E-state index is 13.9.